The first-order valence-electron chi connectivity index (χ1n) is 36.3. The first kappa shape index (κ1) is 84.9. The molecule has 0 fully saturated rings. The normalized spacial score (nSPS) is 13.8. The molecule has 0 aliphatic heterocycles. The van der Waals surface area contributed by atoms with E-state index in [1.807, 2.05) is 0 Å². The molecule has 0 saturated carbocycles. The van der Waals surface area contributed by atoms with Crippen LogP contribution < -0.4 is 5.73 Å². The number of esters is 2. The molecule has 0 aromatic heterocycles. The average Bonchev–Trinajstić information content (AvgIpc) is 3.68. The maximum atomic E-state index is 12.8. The van der Waals surface area contributed by atoms with Crippen molar-refractivity contribution < 1.29 is 37.6 Å². The summed E-state index contributed by atoms with van der Waals surface area (Å²) in [5, 5.41) is 0. The maximum absolute atomic E-state index is 12.8. The summed E-state index contributed by atoms with van der Waals surface area (Å²) in [6, 6.07) is 0. The van der Waals surface area contributed by atoms with E-state index in [2.05, 4.69) is 160 Å². The first-order chi connectivity index (χ1) is 43.8. The van der Waals surface area contributed by atoms with Gasteiger partial charge in [0.1, 0.15) is 6.61 Å². The van der Waals surface area contributed by atoms with E-state index in [1.165, 1.54) is 161 Å². The summed E-state index contributed by atoms with van der Waals surface area (Å²) in [5.41, 5.74) is 5.40. The minimum atomic E-state index is -4.41. The van der Waals surface area contributed by atoms with Gasteiger partial charge in [-0.05, 0) is 122 Å². The zero-order valence-electron chi connectivity index (χ0n) is 57.1. The number of phosphoric ester groups is 1. The number of ether oxygens (including phenoxy) is 2. The van der Waals surface area contributed by atoms with Gasteiger partial charge in [0.05, 0.1) is 13.2 Å². The number of hydrogen-bond donors (Lipinski definition) is 2. The van der Waals surface area contributed by atoms with Crippen molar-refractivity contribution in [2.45, 2.75) is 315 Å². The van der Waals surface area contributed by atoms with Crippen LogP contribution in [0, 0.1) is 0 Å². The quantitative estimate of drug-likeness (QED) is 0.0264. The summed E-state index contributed by atoms with van der Waals surface area (Å²) in [4.78, 5) is 35.4. The number of rotatable bonds is 67. The largest absolute Gasteiger partial charge is 0.472 e. The molecule has 2 unspecified atom stereocenters. The Hall–Kier alpha value is -4.11. The van der Waals surface area contributed by atoms with Crippen LogP contribution in [0.4, 0.5) is 0 Å². The maximum Gasteiger partial charge on any atom is 0.472 e. The fourth-order valence-electron chi connectivity index (χ4n) is 9.87. The van der Waals surface area contributed by atoms with Gasteiger partial charge in [-0.15, -0.1) is 0 Å². The highest BCUT2D eigenvalue weighted by Crippen LogP contribution is 2.43. The molecule has 0 aliphatic carbocycles. The highest BCUT2D eigenvalue weighted by atomic mass is 31.2. The molecule has 0 bridgehead atoms. The molecule has 9 nitrogen and oxygen atoms in total. The van der Waals surface area contributed by atoms with E-state index in [4.69, 9.17) is 24.3 Å². The first-order valence-corrected chi connectivity index (χ1v) is 37.8. The number of carbonyl (C=O) groups excluding carboxylic acids is 2. The van der Waals surface area contributed by atoms with Crippen LogP contribution in [-0.4, -0.2) is 49.3 Å². The van der Waals surface area contributed by atoms with Gasteiger partial charge in [-0.3, -0.25) is 18.6 Å². The van der Waals surface area contributed by atoms with Gasteiger partial charge in [0.2, 0.25) is 0 Å². The molecule has 0 aromatic carbocycles. The van der Waals surface area contributed by atoms with E-state index in [0.717, 1.165) is 116 Å². The average molecular weight is 1260 g/mol. The molecule has 0 rings (SSSR count). The second-order valence-electron chi connectivity index (χ2n) is 23.7. The third-order valence-electron chi connectivity index (χ3n) is 15.2. The van der Waals surface area contributed by atoms with Crippen molar-refractivity contribution in [2.75, 3.05) is 26.4 Å². The van der Waals surface area contributed by atoms with Gasteiger partial charge in [0, 0.05) is 19.4 Å². The van der Waals surface area contributed by atoms with Crippen LogP contribution in [0.2, 0.25) is 0 Å². The predicted octanol–water partition coefficient (Wildman–Crippen LogP) is 24.2. The fourth-order valence-corrected chi connectivity index (χ4v) is 10.6. The second kappa shape index (κ2) is 72.9. The van der Waals surface area contributed by atoms with E-state index in [-0.39, 0.29) is 38.6 Å². The van der Waals surface area contributed by atoms with Crippen molar-refractivity contribution in [3.8, 4) is 0 Å². The predicted molar refractivity (Wildman–Crippen MR) is 385 cm³/mol. The Morgan fingerprint density at radius 1 is 0.348 bits per heavy atom. The van der Waals surface area contributed by atoms with Crippen molar-refractivity contribution in [1.29, 1.82) is 0 Å². The molecule has 3 N–H and O–H groups in total. The molecular weight excluding hydrogens is 1120 g/mol. The summed E-state index contributed by atoms with van der Waals surface area (Å²) in [6.45, 7) is 3.63. The molecule has 0 aromatic rings. The SMILES string of the molecule is CC/C=C\C/C=C\C/C=C\C/C=C\C/C=C\C/C=C\C/C=C\C/C=C\C/C=C\CCCCCCCCCCCC(=O)OC(COC(=O)CCCCCCCCCCCCCCCCCC/C=C\C/C=C\C/C=C\CCCCCCC)COP(=O)(O)OCCN. The Labute approximate surface area is 547 Å². The zero-order chi connectivity index (χ0) is 64.4. The molecule has 0 amide bonds. The molecule has 0 spiro atoms. The highest BCUT2D eigenvalue weighted by molar-refractivity contribution is 7.47. The lowest BCUT2D eigenvalue weighted by Gasteiger charge is -2.19. The van der Waals surface area contributed by atoms with Gasteiger partial charge in [-0.2, -0.15) is 0 Å². The van der Waals surface area contributed by atoms with Crippen LogP contribution in [0.5, 0.6) is 0 Å². The number of carbonyl (C=O) groups is 2. The number of nitrogens with two attached hydrogens (primary N) is 1. The number of allylic oxidation sites excluding steroid dienone is 24. The van der Waals surface area contributed by atoms with E-state index >= 15 is 0 Å². The van der Waals surface area contributed by atoms with E-state index in [1.54, 1.807) is 0 Å². The molecule has 0 saturated heterocycles. The summed E-state index contributed by atoms with van der Waals surface area (Å²) in [7, 11) is -4.41. The van der Waals surface area contributed by atoms with Crippen molar-refractivity contribution in [1.82, 2.24) is 0 Å². The van der Waals surface area contributed by atoms with Crippen LogP contribution in [0.3, 0.4) is 0 Å². The summed E-state index contributed by atoms with van der Waals surface area (Å²) in [5.74, 6) is -0.834. The Morgan fingerprint density at radius 3 is 0.921 bits per heavy atom. The third kappa shape index (κ3) is 72.8. The molecule has 508 valence electrons. The summed E-state index contributed by atoms with van der Waals surface area (Å²) in [6.07, 6.45) is 105. The number of hydrogen-bond acceptors (Lipinski definition) is 8. The Bertz CT molecular complexity index is 1970. The van der Waals surface area contributed by atoms with Crippen LogP contribution in [0.15, 0.2) is 146 Å². The van der Waals surface area contributed by atoms with Crippen LogP contribution in [0.1, 0.15) is 309 Å². The van der Waals surface area contributed by atoms with Crippen LogP contribution in [0.25, 0.3) is 0 Å². The van der Waals surface area contributed by atoms with Crippen LogP contribution >= 0.6 is 7.82 Å². The molecule has 10 heteroatoms. The second-order valence-corrected chi connectivity index (χ2v) is 25.2. The Balaban J connectivity index is 3.93. The van der Waals surface area contributed by atoms with Crippen molar-refractivity contribution in [3.63, 3.8) is 0 Å². The minimum Gasteiger partial charge on any atom is -0.462 e. The van der Waals surface area contributed by atoms with Crippen molar-refractivity contribution >= 4 is 19.8 Å². The monoisotopic (exact) mass is 1260 g/mol. The number of unbranched alkanes of at least 4 members (excludes halogenated alkanes) is 30. The standard InChI is InChI=1S/C79H134NO8P/c1-3-5-7-9-11-13-15-17-19-21-23-25-27-29-31-33-35-36-37-38-39-40-42-44-46-48-50-52-54-56-58-60-62-64-66-68-70-72-79(82)88-77(76-87-89(83,84)86-74-73-80)75-85-78(81)71-69-67-65-63-61-59-57-55-53-51-49-47-45-43-41-34-32-30-28-26-24-22-20-18-16-14-12-10-8-6-4-2/h5,7,11,13,16-19,22-25,28-31,35-36,38-39,42,44,48,50,77H,3-4,6,8-10,12,14-15,20-21,26-27,32-34,37,40-41,43,45-47,49,51-76,80H2,1-2H3,(H,83,84)/b7-5-,13-11-,18-16-,19-17-,24-22-,25-23-,30-28-,31-29-,36-35-,39-38-,44-42-,50-48-. The summed E-state index contributed by atoms with van der Waals surface area (Å²) >= 11 is 0. The van der Waals surface area contributed by atoms with E-state index in [0.29, 0.717) is 6.42 Å². The zero-order valence-corrected chi connectivity index (χ0v) is 58.0. The smallest absolute Gasteiger partial charge is 0.462 e. The topological polar surface area (TPSA) is 134 Å². The third-order valence-corrected chi connectivity index (χ3v) is 16.2. The highest BCUT2D eigenvalue weighted by Gasteiger charge is 2.26. The van der Waals surface area contributed by atoms with Crippen molar-refractivity contribution in [3.05, 3.63) is 146 Å². The molecule has 0 heterocycles. The molecule has 2 atom stereocenters. The molecule has 0 aliphatic rings. The van der Waals surface area contributed by atoms with Gasteiger partial charge in [0.25, 0.3) is 0 Å². The lowest BCUT2D eigenvalue weighted by Crippen LogP contribution is -2.29. The molecule has 89 heavy (non-hydrogen) atoms. The fraction of sp³-hybridized carbons (Fsp3) is 0.671. The summed E-state index contributed by atoms with van der Waals surface area (Å²) < 4.78 is 33.2. The van der Waals surface area contributed by atoms with Crippen molar-refractivity contribution in [2.24, 2.45) is 5.73 Å². The van der Waals surface area contributed by atoms with Gasteiger partial charge in [0.15, 0.2) is 6.10 Å². The number of phosphoric acid groups is 1. The van der Waals surface area contributed by atoms with Gasteiger partial charge < -0.3 is 20.1 Å². The van der Waals surface area contributed by atoms with Crippen LogP contribution in [-0.2, 0) is 32.7 Å². The van der Waals surface area contributed by atoms with E-state index in [9.17, 15) is 19.0 Å². The Morgan fingerprint density at radius 2 is 0.618 bits per heavy atom. The Kier molecular flexibility index (Phi) is 69.6. The lowest BCUT2D eigenvalue weighted by molar-refractivity contribution is -0.161. The lowest BCUT2D eigenvalue weighted by atomic mass is 10.0. The van der Waals surface area contributed by atoms with Gasteiger partial charge in [-0.25, -0.2) is 4.57 Å². The van der Waals surface area contributed by atoms with Gasteiger partial charge in [-0.1, -0.05) is 320 Å². The van der Waals surface area contributed by atoms with Gasteiger partial charge >= 0.3 is 19.8 Å². The molecule has 0 radical (unpaired) electrons. The van der Waals surface area contributed by atoms with E-state index < -0.39 is 26.5 Å². The minimum absolute atomic E-state index is 0.0465. The molecular formula is C79H134NO8P.